The molecule has 0 aromatic heterocycles. The molecule has 9 heteroatoms. The molecule has 1 aliphatic heterocycles. The van der Waals surface area contributed by atoms with Gasteiger partial charge in [-0.1, -0.05) is 36.4 Å². The van der Waals surface area contributed by atoms with Crippen molar-refractivity contribution in [1.82, 2.24) is 9.80 Å². The van der Waals surface area contributed by atoms with Crippen LogP contribution >= 0.6 is 0 Å². The lowest BCUT2D eigenvalue weighted by Crippen LogP contribution is -2.59. The standard InChI is InChI=1S/C28H28F3N3O3/c1-18(19-3-5-20(6-4-19)24-12-11-23(30)17-25(24)31)34-15-13-28(33(2)27(34)36,14-16-37-26(32)35)21-7-9-22(29)10-8-21/h3-12,17-18H,13-16H2,1-2H3,(H2,32,35). The number of hydrogen-bond acceptors (Lipinski definition) is 3. The molecule has 1 saturated heterocycles. The van der Waals surface area contributed by atoms with Crippen molar-refractivity contribution in [2.24, 2.45) is 5.73 Å². The summed E-state index contributed by atoms with van der Waals surface area (Å²) in [6.07, 6.45) is -0.103. The molecule has 1 fully saturated rings. The van der Waals surface area contributed by atoms with E-state index in [0.29, 0.717) is 24.9 Å². The van der Waals surface area contributed by atoms with E-state index in [2.05, 4.69) is 0 Å². The Morgan fingerprint density at radius 2 is 1.68 bits per heavy atom. The van der Waals surface area contributed by atoms with Crippen LogP contribution in [0.25, 0.3) is 11.1 Å². The Labute approximate surface area is 213 Å². The number of nitrogens with zero attached hydrogens (tertiary/aromatic N) is 2. The van der Waals surface area contributed by atoms with E-state index in [0.717, 1.165) is 17.2 Å². The van der Waals surface area contributed by atoms with Gasteiger partial charge in [-0.25, -0.2) is 22.8 Å². The largest absolute Gasteiger partial charge is 0.450 e. The summed E-state index contributed by atoms with van der Waals surface area (Å²) >= 11 is 0. The second-order valence-electron chi connectivity index (χ2n) is 9.16. The molecule has 2 unspecified atom stereocenters. The van der Waals surface area contributed by atoms with Crippen molar-refractivity contribution < 1.29 is 27.5 Å². The third-order valence-electron chi connectivity index (χ3n) is 7.19. The van der Waals surface area contributed by atoms with Gasteiger partial charge in [-0.05, 0) is 54.3 Å². The lowest BCUT2D eigenvalue weighted by atomic mass is 9.80. The highest BCUT2D eigenvalue weighted by atomic mass is 19.1. The molecule has 0 radical (unpaired) electrons. The normalized spacial score (nSPS) is 18.6. The van der Waals surface area contributed by atoms with Crippen LogP contribution in [-0.2, 0) is 10.3 Å². The average Bonchev–Trinajstić information content (AvgIpc) is 2.87. The van der Waals surface area contributed by atoms with Gasteiger partial charge in [0.25, 0.3) is 0 Å². The van der Waals surface area contributed by atoms with Crippen LogP contribution in [0.1, 0.15) is 36.9 Å². The third kappa shape index (κ3) is 5.26. The maximum absolute atomic E-state index is 14.2. The van der Waals surface area contributed by atoms with Gasteiger partial charge < -0.3 is 20.3 Å². The van der Waals surface area contributed by atoms with Gasteiger partial charge in [-0.15, -0.1) is 0 Å². The summed E-state index contributed by atoms with van der Waals surface area (Å²) in [5.74, 6) is -1.68. The van der Waals surface area contributed by atoms with Crippen LogP contribution in [-0.4, -0.2) is 42.1 Å². The molecule has 2 atom stereocenters. The number of halogens is 3. The van der Waals surface area contributed by atoms with Crippen molar-refractivity contribution in [3.63, 3.8) is 0 Å². The molecule has 0 saturated carbocycles. The van der Waals surface area contributed by atoms with E-state index in [1.165, 1.54) is 24.3 Å². The summed E-state index contributed by atoms with van der Waals surface area (Å²) in [6.45, 7) is 2.30. The number of carbonyl (C=O) groups excluding carboxylic acids is 2. The minimum atomic E-state index is -0.904. The number of carbonyl (C=O) groups is 2. The van der Waals surface area contributed by atoms with Crippen molar-refractivity contribution >= 4 is 12.1 Å². The molecule has 194 valence electrons. The summed E-state index contributed by atoms with van der Waals surface area (Å²) in [6, 6.07) is 16.0. The molecule has 1 aliphatic rings. The summed E-state index contributed by atoms with van der Waals surface area (Å²) in [5.41, 5.74) is 6.77. The maximum Gasteiger partial charge on any atom is 0.404 e. The van der Waals surface area contributed by atoms with E-state index in [1.807, 2.05) is 19.1 Å². The highest BCUT2D eigenvalue weighted by Gasteiger charge is 2.45. The smallest absolute Gasteiger partial charge is 0.404 e. The number of nitrogens with two attached hydrogens (primary N) is 1. The zero-order chi connectivity index (χ0) is 26.7. The van der Waals surface area contributed by atoms with Crippen molar-refractivity contribution in [3.8, 4) is 11.1 Å². The first kappa shape index (κ1) is 26.1. The Balaban J connectivity index is 1.56. The maximum atomic E-state index is 14.2. The van der Waals surface area contributed by atoms with Crippen LogP contribution in [0.5, 0.6) is 0 Å². The summed E-state index contributed by atoms with van der Waals surface area (Å²) in [4.78, 5) is 28.1. The van der Waals surface area contributed by atoms with Crippen molar-refractivity contribution in [3.05, 3.63) is 95.3 Å². The summed E-state index contributed by atoms with van der Waals surface area (Å²) < 4.78 is 46.1. The van der Waals surface area contributed by atoms with E-state index in [9.17, 15) is 22.8 Å². The van der Waals surface area contributed by atoms with Crippen molar-refractivity contribution in [1.29, 1.82) is 0 Å². The van der Waals surface area contributed by atoms with E-state index in [1.54, 1.807) is 41.1 Å². The van der Waals surface area contributed by atoms with E-state index in [-0.39, 0.29) is 24.2 Å². The van der Waals surface area contributed by atoms with Gasteiger partial charge in [0.05, 0.1) is 18.2 Å². The highest BCUT2D eigenvalue weighted by Crippen LogP contribution is 2.41. The zero-order valence-corrected chi connectivity index (χ0v) is 20.6. The molecule has 1 heterocycles. The Morgan fingerprint density at radius 3 is 2.30 bits per heavy atom. The molecule has 6 nitrogen and oxygen atoms in total. The first-order valence-corrected chi connectivity index (χ1v) is 11.9. The number of rotatable bonds is 7. The van der Waals surface area contributed by atoms with Gasteiger partial charge in [0.1, 0.15) is 17.5 Å². The second-order valence-corrected chi connectivity index (χ2v) is 9.16. The molecule has 0 bridgehead atoms. The molecular weight excluding hydrogens is 483 g/mol. The fourth-order valence-electron chi connectivity index (χ4n) is 5.00. The van der Waals surface area contributed by atoms with Crippen LogP contribution in [0.4, 0.5) is 22.8 Å². The topological polar surface area (TPSA) is 75.9 Å². The lowest BCUT2D eigenvalue weighted by molar-refractivity contribution is 0.0242. The van der Waals surface area contributed by atoms with Crippen LogP contribution in [0, 0.1) is 17.5 Å². The Bertz CT molecular complexity index is 1280. The van der Waals surface area contributed by atoms with Crippen LogP contribution in [0.2, 0.25) is 0 Å². The fraction of sp³-hybridized carbons (Fsp3) is 0.286. The third-order valence-corrected chi connectivity index (χ3v) is 7.19. The number of benzene rings is 3. The predicted octanol–water partition coefficient (Wildman–Crippen LogP) is 5.97. The van der Waals surface area contributed by atoms with Crippen molar-refractivity contribution in [2.75, 3.05) is 20.2 Å². The van der Waals surface area contributed by atoms with Gasteiger partial charge >= 0.3 is 12.1 Å². The molecule has 0 aliphatic carbocycles. The molecule has 3 aromatic carbocycles. The number of ether oxygens (including phenoxy) is 1. The average molecular weight is 512 g/mol. The van der Waals surface area contributed by atoms with Gasteiger partial charge in [-0.3, -0.25) is 0 Å². The monoisotopic (exact) mass is 511 g/mol. The minimum absolute atomic E-state index is 0.00128. The number of hydrogen-bond donors (Lipinski definition) is 1. The van der Waals surface area contributed by atoms with Gasteiger partial charge in [0.15, 0.2) is 0 Å². The quantitative estimate of drug-likeness (QED) is 0.425. The molecular formula is C28H28F3N3O3. The second kappa shape index (κ2) is 10.5. The molecule has 2 N–H and O–H groups in total. The van der Waals surface area contributed by atoms with Gasteiger partial charge in [-0.2, -0.15) is 0 Å². The lowest BCUT2D eigenvalue weighted by Gasteiger charge is -2.50. The number of urea groups is 1. The van der Waals surface area contributed by atoms with E-state index < -0.39 is 29.1 Å². The zero-order valence-electron chi connectivity index (χ0n) is 20.6. The fourth-order valence-corrected chi connectivity index (χ4v) is 5.00. The molecule has 37 heavy (non-hydrogen) atoms. The molecule has 3 aromatic rings. The van der Waals surface area contributed by atoms with Crippen molar-refractivity contribution in [2.45, 2.75) is 31.3 Å². The first-order valence-electron chi connectivity index (χ1n) is 11.9. The van der Waals surface area contributed by atoms with Gasteiger partial charge in [0, 0.05) is 31.6 Å². The first-order chi connectivity index (χ1) is 17.6. The molecule has 4 rings (SSSR count). The SMILES string of the molecule is CC(c1ccc(-c2ccc(F)cc2F)cc1)N1CCC(CCOC(N)=O)(c2ccc(F)cc2)N(C)C1=O. The Morgan fingerprint density at radius 1 is 1.03 bits per heavy atom. The Kier molecular flexibility index (Phi) is 7.42. The van der Waals surface area contributed by atoms with Crippen LogP contribution < -0.4 is 5.73 Å². The molecule has 0 spiro atoms. The highest BCUT2D eigenvalue weighted by molar-refractivity contribution is 5.77. The molecule has 3 amide bonds. The Hall–Kier alpha value is -4.01. The van der Waals surface area contributed by atoms with Crippen LogP contribution in [0.15, 0.2) is 66.7 Å². The number of primary amides is 1. The van der Waals surface area contributed by atoms with Crippen LogP contribution in [0.3, 0.4) is 0 Å². The number of amides is 3. The summed E-state index contributed by atoms with van der Waals surface area (Å²) in [5, 5.41) is 0. The van der Waals surface area contributed by atoms with Gasteiger partial charge in [0.2, 0.25) is 0 Å². The minimum Gasteiger partial charge on any atom is -0.450 e. The van der Waals surface area contributed by atoms with E-state index in [4.69, 9.17) is 10.5 Å². The van der Waals surface area contributed by atoms with E-state index >= 15 is 0 Å². The predicted molar refractivity (Wildman–Crippen MR) is 133 cm³/mol. The summed E-state index contributed by atoms with van der Waals surface area (Å²) in [7, 11) is 1.68.